The van der Waals surface area contributed by atoms with Crippen molar-refractivity contribution in [2.45, 2.75) is 12.8 Å². The second kappa shape index (κ2) is 3.74. The molecule has 0 aliphatic carbocycles. The van der Waals surface area contributed by atoms with Crippen LogP contribution in [0.1, 0.15) is 18.5 Å². The molecule has 3 heteroatoms. The van der Waals surface area contributed by atoms with E-state index in [0.29, 0.717) is 5.78 Å². The Morgan fingerprint density at radius 3 is 2.75 bits per heavy atom. The molecule has 0 atom stereocenters. The molecule has 4 heterocycles. The van der Waals surface area contributed by atoms with Crippen LogP contribution in [0.2, 0.25) is 0 Å². The number of allylic oxidation sites excluding steroid dienone is 1. The zero-order chi connectivity index (χ0) is 11.0. The average Bonchev–Trinajstić information content (AvgIpc) is 2.36. The van der Waals surface area contributed by atoms with Crippen LogP contribution in [0.15, 0.2) is 30.1 Å². The molecule has 0 amide bonds. The van der Waals surface area contributed by atoms with Crippen molar-refractivity contribution in [3.63, 3.8) is 0 Å². The molecule has 3 saturated heterocycles. The van der Waals surface area contributed by atoms with Crippen LogP contribution in [0.3, 0.4) is 0 Å². The van der Waals surface area contributed by atoms with E-state index in [1.165, 1.54) is 0 Å². The summed E-state index contributed by atoms with van der Waals surface area (Å²) in [6.07, 6.45) is 5.73. The number of piperidine rings is 3. The van der Waals surface area contributed by atoms with Crippen molar-refractivity contribution in [2.75, 3.05) is 13.1 Å². The Labute approximate surface area is 94.8 Å². The molecule has 0 N–H and O–H groups in total. The normalized spacial score (nSPS) is 23.1. The molecule has 0 unspecified atom stereocenters. The van der Waals surface area contributed by atoms with E-state index >= 15 is 0 Å². The van der Waals surface area contributed by atoms with E-state index in [-0.39, 0.29) is 5.92 Å². The van der Waals surface area contributed by atoms with Gasteiger partial charge in [0.15, 0.2) is 5.78 Å². The maximum Gasteiger partial charge on any atom is 0.182 e. The Hall–Kier alpha value is -1.64. The number of hydrogen-bond acceptors (Lipinski definition) is 3. The van der Waals surface area contributed by atoms with Crippen molar-refractivity contribution in [2.24, 2.45) is 5.92 Å². The molecule has 3 aliphatic heterocycles. The first kappa shape index (κ1) is 9.58. The Bertz CT molecular complexity index is 431. The summed E-state index contributed by atoms with van der Waals surface area (Å²) in [5.41, 5.74) is 1.74. The quantitative estimate of drug-likeness (QED) is 0.667. The molecule has 4 rings (SSSR count). The van der Waals surface area contributed by atoms with Crippen LogP contribution in [0, 0.1) is 5.92 Å². The predicted octanol–water partition coefficient (Wildman–Crippen LogP) is 1.72. The second-order valence-corrected chi connectivity index (χ2v) is 4.41. The Balaban J connectivity index is 1.95. The summed E-state index contributed by atoms with van der Waals surface area (Å²) in [7, 11) is 0. The van der Waals surface area contributed by atoms with Gasteiger partial charge in [-0.15, -0.1) is 0 Å². The highest BCUT2D eigenvalue weighted by atomic mass is 16.1. The number of rotatable bonds is 1. The SMILES string of the molecule is O=C1/C(=C/c2ccccn2)N2CCC1CC2. The maximum absolute atomic E-state index is 12.1. The number of ketones is 1. The van der Waals surface area contributed by atoms with E-state index in [4.69, 9.17) is 0 Å². The highest BCUT2D eigenvalue weighted by Crippen LogP contribution is 2.32. The summed E-state index contributed by atoms with van der Waals surface area (Å²) in [5.74, 6) is 0.572. The third kappa shape index (κ3) is 1.52. The van der Waals surface area contributed by atoms with Crippen LogP contribution in [-0.4, -0.2) is 28.8 Å². The van der Waals surface area contributed by atoms with Crippen LogP contribution in [0.4, 0.5) is 0 Å². The average molecular weight is 214 g/mol. The van der Waals surface area contributed by atoms with Crippen molar-refractivity contribution in [3.05, 3.63) is 35.8 Å². The van der Waals surface area contributed by atoms with Crippen LogP contribution in [0.25, 0.3) is 6.08 Å². The number of carbonyl (C=O) groups is 1. The van der Waals surface area contributed by atoms with E-state index in [1.54, 1.807) is 6.20 Å². The fourth-order valence-electron chi connectivity index (χ4n) is 2.51. The molecule has 2 bridgehead atoms. The molecule has 16 heavy (non-hydrogen) atoms. The first-order valence-corrected chi connectivity index (χ1v) is 5.76. The molecule has 0 spiro atoms. The smallest absolute Gasteiger partial charge is 0.182 e. The van der Waals surface area contributed by atoms with E-state index in [0.717, 1.165) is 37.3 Å². The Morgan fingerprint density at radius 2 is 2.12 bits per heavy atom. The monoisotopic (exact) mass is 214 g/mol. The van der Waals surface area contributed by atoms with Gasteiger partial charge in [0, 0.05) is 25.2 Å². The van der Waals surface area contributed by atoms with Gasteiger partial charge in [-0.1, -0.05) is 6.07 Å². The van der Waals surface area contributed by atoms with Crippen molar-refractivity contribution in [3.8, 4) is 0 Å². The fourth-order valence-corrected chi connectivity index (χ4v) is 2.51. The maximum atomic E-state index is 12.1. The number of hydrogen-bond donors (Lipinski definition) is 0. The second-order valence-electron chi connectivity index (χ2n) is 4.41. The van der Waals surface area contributed by atoms with Crippen molar-refractivity contribution < 1.29 is 4.79 Å². The van der Waals surface area contributed by atoms with E-state index < -0.39 is 0 Å². The lowest BCUT2D eigenvalue weighted by Crippen LogP contribution is -2.45. The lowest BCUT2D eigenvalue weighted by molar-refractivity contribution is -0.125. The first-order chi connectivity index (χ1) is 7.84. The lowest BCUT2D eigenvalue weighted by atomic mass is 9.84. The molecule has 0 saturated carbocycles. The minimum absolute atomic E-state index is 0.264. The zero-order valence-corrected chi connectivity index (χ0v) is 9.10. The highest BCUT2D eigenvalue weighted by Gasteiger charge is 2.36. The van der Waals surface area contributed by atoms with Gasteiger partial charge in [-0.05, 0) is 31.1 Å². The summed E-state index contributed by atoms with van der Waals surface area (Å²) in [4.78, 5) is 18.5. The van der Waals surface area contributed by atoms with Crippen molar-refractivity contribution >= 4 is 11.9 Å². The highest BCUT2D eigenvalue weighted by molar-refractivity contribution is 6.01. The van der Waals surface area contributed by atoms with E-state index in [1.807, 2.05) is 24.3 Å². The van der Waals surface area contributed by atoms with Gasteiger partial charge in [-0.2, -0.15) is 0 Å². The molecule has 1 aromatic heterocycles. The fraction of sp³-hybridized carbons (Fsp3) is 0.385. The van der Waals surface area contributed by atoms with Gasteiger partial charge in [-0.3, -0.25) is 9.78 Å². The van der Waals surface area contributed by atoms with E-state index in [2.05, 4.69) is 9.88 Å². The number of carbonyl (C=O) groups excluding carboxylic acids is 1. The first-order valence-electron chi connectivity index (χ1n) is 5.76. The lowest BCUT2D eigenvalue weighted by Gasteiger charge is -2.41. The summed E-state index contributed by atoms with van der Waals surface area (Å²) < 4.78 is 0. The van der Waals surface area contributed by atoms with Gasteiger partial charge < -0.3 is 4.90 Å². The summed E-state index contributed by atoms with van der Waals surface area (Å²) in [5, 5.41) is 0. The molecule has 0 radical (unpaired) electrons. The number of fused-ring (bicyclic) bond motifs is 3. The van der Waals surface area contributed by atoms with Crippen LogP contribution >= 0.6 is 0 Å². The molecule has 0 aromatic carbocycles. The Kier molecular flexibility index (Phi) is 2.24. The van der Waals surface area contributed by atoms with Crippen LogP contribution in [-0.2, 0) is 4.79 Å². The van der Waals surface area contributed by atoms with Gasteiger partial charge in [-0.25, -0.2) is 0 Å². The third-order valence-electron chi connectivity index (χ3n) is 3.43. The third-order valence-corrected chi connectivity index (χ3v) is 3.43. The van der Waals surface area contributed by atoms with Gasteiger partial charge >= 0.3 is 0 Å². The molecule has 82 valence electrons. The largest absolute Gasteiger partial charge is 0.369 e. The summed E-state index contributed by atoms with van der Waals surface area (Å²) in [6, 6.07) is 5.76. The zero-order valence-electron chi connectivity index (χ0n) is 9.10. The van der Waals surface area contributed by atoms with Gasteiger partial charge in [0.05, 0.1) is 11.4 Å². The molecular formula is C13H14N2O. The van der Waals surface area contributed by atoms with Gasteiger partial charge in [0.1, 0.15) is 0 Å². The molecular weight excluding hydrogens is 200 g/mol. The van der Waals surface area contributed by atoms with Crippen molar-refractivity contribution in [1.29, 1.82) is 0 Å². The van der Waals surface area contributed by atoms with Gasteiger partial charge in [0.2, 0.25) is 0 Å². The molecule has 3 fully saturated rings. The molecule has 1 aromatic rings. The van der Waals surface area contributed by atoms with Crippen molar-refractivity contribution in [1.82, 2.24) is 9.88 Å². The Morgan fingerprint density at radius 1 is 1.31 bits per heavy atom. The van der Waals surface area contributed by atoms with Crippen LogP contribution in [0.5, 0.6) is 0 Å². The number of Topliss-reactive ketones (excluding diaryl/α,β-unsaturated/α-hetero) is 1. The predicted molar refractivity (Wildman–Crippen MR) is 61.5 cm³/mol. The number of pyridine rings is 1. The molecule has 3 aliphatic rings. The van der Waals surface area contributed by atoms with E-state index in [9.17, 15) is 4.79 Å². The minimum Gasteiger partial charge on any atom is -0.369 e. The number of nitrogens with zero attached hydrogens (tertiary/aromatic N) is 2. The summed E-state index contributed by atoms with van der Waals surface area (Å²) in [6.45, 7) is 2.05. The topological polar surface area (TPSA) is 33.2 Å². The van der Waals surface area contributed by atoms with Gasteiger partial charge in [0.25, 0.3) is 0 Å². The standard InChI is InChI=1S/C13H14N2O/c16-13-10-4-7-15(8-5-10)12(13)9-11-3-1-2-6-14-11/h1-3,6,9-10H,4-5,7-8H2/b12-9-. The van der Waals surface area contributed by atoms with Crippen LogP contribution < -0.4 is 0 Å². The number of aromatic nitrogens is 1. The minimum atomic E-state index is 0.264. The summed E-state index contributed by atoms with van der Waals surface area (Å²) >= 11 is 0. The molecule has 3 nitrogen and oxygen atoms in total.